The predicted octanol–water partition coefficient (Wildman–Crippen LogP) is 3.77. The summed E-state index contributed by atoms with van der Waals surface area (Å²) in [5.74, 6) is 0.0413. The third-order valence-corrected chi connectivity index (χ3v) is 5.60. The Kier molecular flexibility index (Phi) is 7.13. The van der Waals surface area contributed by atoms with Crippen LogP contribution in [0.25, 0.3) is 6.08 Å². The van der Waals surface area contributed by atoms with Crippen LogP contribution in [0, 0.1) is 0 Å². The Bertz CT molecular complexity index is 1220. The third kappa shape index (κ3) is 5.56. The summed E-state index contributed by atoms with van der Waals surface area (Å²) < 4.78 is 10.6. The molecule has 0 aliphatic carbocycles. The van der Waals surface area contributed by atoms with E-state index in [1.807, 2.05) is 24.3 Å². The first-order valence-electron chi connectivity index (χ1n) is 11.0. The normalized spacial score (nSPS) is 12.4. The van der Waals surface area contributed by atoms with Gasteiger partial charge in [0.1, 0.15) is 0 Å². The number of amides is 2. The molecule has 34 heavy (non-hydrogen) atoms. The molecule has 0 saturated heterocycles. The summed E-state index contributed by atoms with van der Waals surface area (Å²) >= 11 is 0. The summed E-state index contributed by atoms with van der Waals surface area (Å²) in [4.78, 5) is 25.9. The molecule has 0 fully saturated rings. The molecule has 2 amide bonds. The van der Waals surface area contributed by atoms with Crippen molar-refractivity contribution in [3.8, 4) is 11.5 Å². The Morgan fingerprint density at radius 1 is 1.06 bits per heavy atom. The van der Waals surface area contributed by atoms with Crippen molar-refractivity contribution in [1.29, 1.82) is 0 Å². The number of primary amides is 1. The molecule has 7 nitrogen and oxygen atoms in total. The summed E-state index contributed by atoms with van der Waals surface area (Å²) in [6.45, 7) is 1.44. The van der Waals surface area contributed by atoms with Gasteiger partial charge in [-0.3, -0.25) is 9.59 Å². The van der Waals surface area contributed by atoms with Gasteiger partial charge < -0.3 is 25.4 Å². The smallest absolute Gasteiger partial charge is 0.255 e. The molecule has 0 bridgehead atoms. The van der Waals surface area contributed by atoms with Crippen LogP contribution in [-0.4, -0.2) is 32.1 Å². The van der Waals surface area contributed by atoms with Crippen molar-refractivity contribution in [3.05, 3.63) is 89.5 Å². The van der Waals surface area contributed by atoms with Crippen LogP contribution in [-0.2, 0) is 22.6 Å². The first kappa shape index (κ1) is 22.9. The zero-order chi connectivity index (χ0) is 23.9. The fourth-order valence-electron chi connectivity index (χ4n) is 3.96. The Morgan fingerprint density at radius 3 is 2.68 bits per heavy atom. The van der Waals surface area contributed by atoms with Crippen molar-refractivity contribution in [2.75, 3.05) is 30.5 Å². The average molecular weight is 458 g/mol. The van der Waals surface area contributed by atoms with Crippen LogP contribution < -0.4 is 25.4 Å². The van der Waals surface area contributed by atoms with Gasteiger partial charge in [-0.15, -0.1) is 0 Å². The van der Waals surface area contributed by atoms with E-state index in [0.717, 1.165) is 36.3 Å². The predicted molar refractivity (Wildman–Crippen MR) is 133 cm³/mol. The van der Waals surface area contributed by atoms with Gasteiger partial charge in [-0.2, -0.15) is 0 Å². The number of fused-ring (bicyclic) bond motifs is 1. The fraction of sp³-hybridized carbons (Fsp3) is 0.185. The number of benzene rings is 3. The highest BCUT2D eigenvalue weighted by Gasteiger charge is 2.19. The quantitative estimate of drug-likeness (QED) is 0.477. The van der Waals surface area contributed by atoms with Crippen molar-refractivity contribution >= 4 is 29.3 Å². The Labute approximate surface area is 198 Å². The maximum absolute atomic E-state index is 12.7. The van der Waals surface area contributed by atoms with E-state index in [1.54, 1.807) is 24.3 Å². The van der Waals surface area contributed by atoms with E-state index in [1.165, 1.54) is 24.4 Å². The van der Waals surface area contributed by atoms with E-state index in [4.69, 9.17) is 15.2 Å². The number of para-hydroxylation sites is 2. The van der Waals surface area contributed by atoms with Crippen LogP contribution in [0.15, 0.2) is 72.8 Å². The molecular weight excluding hydrogens is 430 g/mol. The fourth-order valence-corrected chi connectivity index (χ4v) is 3.96. The molecule has 3 N–H and O–H groups in total. The lowest BCUT2D eigenvalue weighted by Gasteiger charge is -2.21. The number of methoxy groups -OCH3 is 1. The SMILES string of the molecule is COc1cc(/C=C/C(=O)Nc2ccccc2CN2CCc3ccccc32)ccc1OCC(N)=O. The van der Waals surface area contributed by atoms with Gasteiger partial charge in [-0.05, 0) is 53.5 Å². The number of hydrogen-bond acceptors (Lipinski definition) is 5. The lowest BCUT2D eigenvalue weighted by molar-refractivity contribution is -0.120. The maximum atomic E-state index is 12.7. The highest BCUT2D eigenvalue weighted by molar-refractivity contribution is 6.02. The van der Waals surface area contributed by atoms with Gasteiger partial charge in [0.05, 0.1) is 7.11 Å². The lowest BCUT2D eigenvalue weighted by Crippen LogP contribution is -2.21. The molecular formula is C27H27N3O4. The largest absolute Gasteiger partial charge is 0.493 e. The number of ether oxygens (including phenoxy) is 2. The number of nitrogens with two attached hydrogens (primary N) is 1. The summed E-state index contributed by atoms with van der Waals surface area (Å²) in [6, 6.07) is 21.4. The Balaban J connectivity index is 1.42. The average Bonchev–Trinajstić information content (AvgIpc) is 3.25. The maximum Gasteiger partial charge on any atom is 0.255 e. The summed E-state index contributed by atoms with van der Waals surface area (Å²) in [7, 11) is 1.50. The monoisotopic (exact) mass is 457 g/mol. The van der Waals surface area contributed by atoms with Gasteiger partial charge in [-0.1, -0.05) is 42.5 Å². The van der Waals surface area contributed by atoms with Gasteiger partial charge in [0, 0.05) is 30.5 Å². The van der Waals surface area contributed by atoms with Crippen LogP contribution in [0.2, 0.25) is 0 Å². The highest BCUT2D eigenvalue weighted by Crippen LogP contribution is 2.31. The zero-order valence-electron chi connectivity index (χ0n) is 19.0. The van der Waals surface area contributed by atoms with E-state index < -0.39 is 5.91 Å². The molecule has 4 rings (SSSR count). The van der Waals surface area contributed by atoms with Gasteiger partial charge in [0.2, 0.25) is 5.91 Å². The summed E-state index contributed by atoms with van der Waals surface area (Å²) in [5, 5.41) is 2.99. The molecule has 7 heteroatoms. The zero-order valence-corrected chi connectivity index (χ0v) is 19.0. The van der Waals surface area contributed by atoms with Gasteiger partial charge in [0.15, 0.2) is 18.1 Å². The van der Waals surface area contributed by atoms with Crippen LogP contribution in [0.1, 0.15) is 16.7 Å². The second kappa shape index (κ2) is 10.6. The molecule has 1 aliphatic heterocycles. The molecule has 3 aromatic carbocycles. The van der Waals surface area contributed by atoms with Crippen LogP contribution in [0.5, 0.6) is 11.5 Å². The van der Waals surface area contributed by atoms with Crippen molar-refractivity contribution in [1.82, 2.24) is 0 Å². The van der Waals surface area contributed by atoms with Crippen LogP contribution >= 0.6 is 0 Å². The van der Waals surface area contributed by atoms with Crippen molar-refractivity contribution in [2.45, 2.75) is 13.0 Å². The third-order valence-electron chi connectivity index (χ3n) is 5.60. The number of carbonyl (C=O) groups excluding carboxylic acids is 2. The topological polar surface area (TPSA) is 93.9 Å². The van der Waals surface area contributed by atoms with Crippen molar-refractivity contribution in [3.63, 3.8) is 0 Å². The van der Waals surface area contributed by atoms with Gasteiger partial charge in [-0.25, -0.2) is 0 Å². The molecule has 1 heterocycles. The van der Waals surface area contributed by atoms with Gasteiger partial charge in [0.25, 0.3) is 5.91 Å². The van der Waals surface area contributed by atoms with Crippen LogP contribution in [0.4, 0.5) is 11.4 Å². The molecule has 174 valence electrons. The summed E-state index contributed by atoms with van der Waals surface area (Å²) in [5.41, 5.74) is 10.3. The molecule has 0 atom stereocenters. The second-order valence-electron chi connectivity index (χ2n) is 7.95. The Hall–Kier alpha value is -4.26. The molecule has 0 saturated carbocycles. The van der Waals surface area contributed by atoms with E-state index in [0.29, 0.717) is 11.5 Å². The first-order chi connectivity index (χ1) is 16.5. The van der Waals surface area contributed by atoms with E-state index >= 15 is 0 Å². The number of carbonyl (C=O) groups is 2. The number of anilines is 2. The van der Waals surface area contributed by atoms with Gasteiger partial charge >= 0.3 is 0 Å². The van der Waals surface area contributed by atoms with E-state index in [-0.39, 0.29) is 12.5 Å². The summed E-state index contributed by atoms with van der Waals surface area (Å²) in [6.07, 6.45) is 4.19. The Morgan fingerprint density at radius 2 is 1.85 bits per heavy atom. The van der Waals surface area contributed by atoms with Crippen molar-refractivity contribution in [2.24, 2.45) is 5.73 Å². The minimum atomic E-state index is -0.572. The molecule has 0 aromatic heterocycles. The number of rotatable bonds is 9. The number of nitrogens with one attached hydrogen (secondary N) is 1. The number of nitrogens with zero attached hydrogens (tertiary/aromatic N) is 1. The van der Waals surface area contributed by atoms with Crippen molar-refractivity contribution < 1.29 is 19.1 Å². The van der Waals surface area contributed by atoms with E-state index in [9.17, 15) is 9.59 Å². The number of hydrogen-bond donors (Lipinski definition) is 2. The van der Waals surface area contributed by atoms with E-state index in [2.05, 4.69) is 34.5 Å². The van der Waals surface area contributed by atoms with Crippen LogP contribution in [0.3, 0.4) is 0 Å². The molecule has 1 aliphatic rings. The minimum absolute atomic E-state index is 0.234. The molecule has 0 radical (unpaired) electrons. The molecule has 0 spiro atoms. The molecule has 0 unspecified atom stereocenters. The minimum Gasteiger partial charge on any atom is -0.493 e. The highest BCUT2D eigenvalue weighted by atomic mass is 16.5. The lowest BCUT2D eigenvalue weighted by atomic mass is 10.1. The standard InChI is InChI=1S/C27H27N3O4/c1-33-25-16-19(10-12-24(25)34-18-26(28)31)11-13-27(32)29-22-8-4-2-7-21(22)17-30-15-14-20-6-3-5-9-23(20)30/h2-13,16H,14-15,17-18H2,1H3,(H2,28,31)(H,29,32)/b13-11+. The first-order valence-corrected chi connectivity index (χ1v) is 11.0. The molecule has 3 aromatic rings. The second-order valence-corrected chi connectivity index (χ2v) is 7.95.